The summed E-state index contributed by atoms with van der Waals surface area (Å²) in [5.74, 6) is 0.797. The van der Waals surface area contributed by atoms with Crippen molar-refractivity contribution < 1.29 is 4.74 Å². The maximum Gasteiger partial charge on any atom is 0.191 e. The molecule has 30 heavy (non-hydrogen) atoms. The average molecular weight is 406 g/mol. The lowest BCUT2D eigenvalue weighted by Crippen LogP contribution is -2.37. The van der Waals surface area contributed by atoms with Gasteiger partial charge in [0.25, 0.3) is 0 Å². The molecule has 3 rings (SSSR count). The molecule has 2 aromatic carbocycles. The van der Waals surface area contributed by atoms with Crippen LogP contribution < -0.4 is 10.6 Å². The number of benzene rings is 2. The molecule has 1 aromatic heterocycles. The number of nitrogens with one attached hydrogen (secondary N) is 2. The van der Waals surface area contributed by atoms with Crippen molar-refractivity contribution in [3.8, 4) is 0 Å². The molecule has 0 fully saturated rings. The van der Waals surface area contributed by atoms with Crippen LogP contribution in [0.2, 0.25) is 0 Å². The first-order chi connectivity index (χ1) is 14.7. The first kappa shape index (κ1) is 21.6. The maximum atomic E-state index is 5.92. The van der Waals surface area contributed by atoms with E-state index >= 15 is 0 Å². The predicted octanol–water partition coefficient (Wildman–Crippen LogP) is 3.76. The minimum atomic E-state index is 0.109. The Hall–Kier alpha value is -3.12. The molecule has 3 aromatic rings. The van der Waals surface area contributed by atoms with Crippen molar-refractivity contribution in [3.63, 3.8) is 0 Å². The summed E-state index contributed by atoms with van der Waals surface area (Å²) in [5, 5.41) is 6.73. The van der Waals surface area contributed by atoms with Crippen LogP contribution in [0.4, 0.5) is 0 Å². The molecule has 0 bridgehead atoms. The first-order valence-corrected chi connectivity index (χ1v) is 10.4. The Morgan fingerprint density at radius 2 is 1.93 bits per heavy atom. The lowest BCUT2D eigenvalue weighted by atomic mass is 10.1. The highest BCUT2D eigenvalue weighted by Gasteiger charge is 2.05. The van der Waals surface area contributed by atoms with Crippen molar-refractivity contribution in [2.45, 2.75) is 32.5 Å². The van der Waals surface area contributed by atoms with Crippen LogP contribution in [-0.2, 0) is 17.8 Å². The molecule has 1 atom stereocenters. The topological polar surface area (TPSA) is 63.5 Å². The van der Waals surface area contributed by atoms with E-state index in [9.17, 15) is 0 Å². The number of aliphatic imine (C=N–C) groups is 1. The van der Waals surface area contributed by atoms with Gasteiger partial charge < -0.3 is 19.9 Å². The van der Waals surface area contributed by atoms with Gasteiger partial charge in [-0.15, -0.1) is 0 Å². The van der Waals surface area contributed by atoms with Gasteiger partial charge in [0.15, 0.2) is 5.96 Å². The molecular formula is C24H31N5O. The highest BCUT2D eigenvalue weighted by molar-refractivity contribution is 5.79. The van der Waals surface area contributed by atoms with Gasteiger partial charge in [0.05, 0.1) is 12.4 Å². The summed E-state index contributed by atoms with van der Waals surface area (Å²) in [6, 6.07) is 18.8. The van der Waals surface area contributed by atoms with Crippen LogP contribution in [-0.4, -0.2) is 35.7 Å². The monoisotopic (exact) mass is 405 g/mol. The summed E-state index contributed by atoms with van der Waals surface area (Å²) in [4.78, 5) is 8.40. The smallest absolute Gasteiger partial charge is 0.191 e. The molecule has 0 aliphatic heterocycles. The van der Waals surface area contributed by atoms with Crippen LogP contribution in [0.5, 0.6) is 0 Å². The Morgan fingerprint density at radius 1 is 1.10 bits per heavy atom. The zero-order chi connectivity index (χ0) is 21.0. The highest BCUT2D eigenvalue weighted by atomic mass is 16.5. The Morgan fingerprint density at radius 3 is 2.70 bits per heavy atom. The highest BCUT2D eigenvalue weighted by Crippen LogP contribution is 2.15. The van der Waals surface area contributed by atoms with E-state index in [1.807, 2.05) is 30.7 Å². The molecule has 6 heteroatoms. The summed E-state index contributed by atoms with van der Waals surface area (Å²) >= 11 is 0. The third-order valence-corrected chi connectivity index (χ3v) is 4.85. The average Bonchev–Trinajstić information content (AvgIpc) is 3.29. The maximum absolute atomic E-state index is 5.92. The van der Waals surface area contributed by atoms with Crippen LogP contribution in [0.1, 0.15) is 36.1 Å². The second-order valence-corrected chi connectivity index (χ2v) is 7.18. The fraction of sp³-hybridized carbons (Fsp3) is 0.333. The zero-order valence-corrected chi connectivity index (χ0v) is 17.8. The number of rotatable bonds is 10. The van der Waals surface area contributed by atoms with Crippen molar-refractivity contribution in [3.05, 3.63) is 90.0 Å². The molecule has 0 saturated heterocycles. The second kappa shape index (κ2) is 11.8. The third kappa shape index (κ3) is 7.04. The molecule has 0 amide bonds. The summed E-state index contributed by atoms with van der Waals surface area (Å²) in [7, 11) is 1.79. The molecule has 158 valence electrons. The fourth-order valence-electron chi connectivity index (χ4n) is 3.19. The van der Waals surface area contributed by atoms with E-state index in [4.69, 9.17) is 4.74 Å². The standard InChI is InChI=1S/C24H31N5O/c1-20(23-10-4-3-5-11-23)30-15-7-12-27-24(25-2)28-17-21-8-6-9-22(16-21)18-29-14-13-26-19-29/h3-6,8-11,13-14,16,19-20H,7,12,15,17-18H2,1-2H3,(H2,25,27,28). The number of aromatic nitrogens is 2. The van der Waals surface area contributed by atoms with Crippen LogP contribution >= 0.6 is 0 Å². The van der Waals surface area contributed by atoms with Gasteiger partial charge in [-0.05, 0) is 30.0 Å². The predicted molar refractivity (Wildman–Crippen MR) is 121 cm³/mol. The number of ether oxygens (including phenoxy) is 1. The van der Waals surface area contributed by atoms with Gasteiger partial charge in [0.1, 0.15) is 0 Å². The molecular weight excluding hydrogens is 374 g/mol. The van der Waals surface area contributed by atoms with Crippen LogP contribution in [0, 0.1) is 0 Å². The van der Waals surface area contributed by atoms with Crippen LogP contribution in [0.15, 0.2) is 78.3 Å². The van der Waals surface area contributed by atoms with E-state index in [1.54, 1.807) is 13.2 Å². The molecule has 1 unspecified atom stereocenters. The molecule has 1 heterocycles. The normalized spacial score (nSPS) is 12.5. The van der Waals surface area contributed by atoms with E-state index in [0.29, 0.717) is 6.61 Å². The van der Waals surface area contributed by atoms with E-state index in [1.165, 1.54) is 16.7 Å². The van der Waals surface area contributed by atoms with Gasteiger partial charge in [0, 0.05) is 45.7 Å². The van der Waals surface area contributed by atoms with Gasteiger partial charge in [-0.2, -0.15) is 0 Å². The van der Waals surface area contributed by atoms with Gasteiger partial charge in [0.2, 0.25) is 0 Å². The summed E-state index contributed by atoms with van der Waals surface area (Å²) < 4.78 is 7.99. The van der Waals surface area contributed by atoms with Gasteiger partial charge in [-0.3, -0.25) is 4.99 Å². The summed E-state index contributed by atoms with van der Waals surface area (Å²) in [6.07, 6.45) is 6.63. The van der Waals surface area contributed by atoms with Crippen LogP contribution in [0.3, 0.4) is 0 Å². The van der Waals surface area contributed by atoms with Gasteiger partial charge in [-0.1, -0.05) is 54.6 Å². The van der Waals surface area contributed by atoms with Crippen LogP contribution in [0.25, 0.3) is 0 Å². The summed E-state index contributed by atoms with van der Waals surface area (Å²) in [5.41, 5.74) is 3.67. The van der Waals surface area contributed by atoms with Gasteiger partial charge >= 0.3 is 0 Å². The molecule has 6 nitrogen and oxygen atoms in total. The van der Waals surface area contributed by atoms with Gasteiger partial charge in [-0.25, -0.2) is 4.98 Å². The number of hydrogen-bond donors (Lipinski definition) is 2. The minimum absolute atomic E-state index is 0.109. The molecule has 0 saturated carbocycles. The number of hydrogen-bond acceptors (Lipinski definition) is 3. The SMILES string of the molecule is CN=C(NCCCOC(C)c1ccccc1)NCc1cccc(Cn2ccnc2)c1. The van der Waals surface area contributed by atoms with Crippen molar-refractivity contribution in [2.75, 3.05) is 20.2 Å². The lowest BCUT2D eigenvalue weighted by Gasteiger charge is -2.15. The lowest BCUT2D eigenvalue weighted by molar-refractivity contribution is 0.0646. The van der Waals surface area contributed by atoms with Crippen molar-refractivity contribution in [2.24, 2.45) is 4.99 Å². The van der Waals surface area contributed by atoms with Crippen molar-refractivity contribution in [1.82, 2.24) is 20.2 Å². The Balaban J connectivity index is 1.36. The molecule has 2 N–H and O–H groups in total. The Kier molecular flexibility index (Phi) is 8.47. The first-order valence-electron chi connectivity index (χ1n) is 10.4. The Bertz CT molecular complexity index is 893. The number of guanidine groups is 1. The quantitative estimate of drug-likeness (QED) is 0.306. The minimum Gasteiger partial charge on any atom is -0.374 e. The largest absolute Gasteiger partial charge is 0.374 e. The van der Waals surface area contributed by atoms with Crippen molar-refractivity contribution in [1.29, 1.82) is 0 Å². The third-order valence-electron chi connectivity index (χ3n) is 4.85. The Labute approximate surface area is 179 Å². The number of nitrogens with zero attached hydrogens (tertiary/aromatic N) is 3. The zero-order valence-electron chi connectivity index (χ0n) is 17.8. The second-order valence-electron chi connectivity index (χ2n) is 7.18. The van der Waals surface area contributed by atoms with E-state index in [0.717, 1.165) is 32.0 Å². The molecule has 0 radical (unpaired) electrons. The molecule has 0 aliphatic carbocycles. The van der Waals surface area contributed by atoms with E-state index in [2.05, 4.69) is 68.5 Å². The summed E-state index contributed by atoms with van der Waals surface area (Å²) in [6.45, 7) is 5.14. The van der Waals surface area contributed by atoms with Crippen molar-refractivity contribution >= 4 is 5.96 Å². The molecule has 0 aliphatic rings. The van der Waals surface area contributed by atoms with E-state index in [-0.39, 0.29) is 6.10 Å². The fourth-order valence-corrected chi connectivity index (χ4v) is 3.19. The molecule has 0 spiro atoms. The van der Waals surface area contributed by atoms with E-state index < -0.39 is 0 Å². The number of imidazole rings is 1.